The molecule has 5 heteroatoms. The minimum atomic E-state index is 0.0329. The zero-order valence-corrected chi connectivity index (χ0v) is 20.8. The highest BCUT2D eigenvalue weighted by atomic mass is 32.2. The van der Waals surface area contributed by atoms with Gasteiger partial charge in [0.15, 0.2) is 5.78 Å². The van der Waals surface area contributed by atoms with Crippen molar-refractivity contribution in [3.63, 3.8) is 0 Å². The molecule has 0 N–H and O–H groups in total. The minimum Gasteiger partial charge on any atom is -0.489 e. The van der Waals surface area contributed by atoms with Gasteiger partial charge in [0.2, 0.25) is 0 Å². The molecule has 178 valence electrons. The number of thioether (sulfide) groups is 1. The van der Waals surface area contributed by atoms with E-state index in [9.17, 15) is 10.1 Å². The molecule has 4 aromatic rings. The van der Waals surface area contributed by atoms with Gasteiger partial charge in [-0.25, -0.2) is 4.98 Å². The van der Waals surface area contributed by atoms with Crippen molar-refractivity contribution in [2.45, 2.75) is 37.3 Å². The van der Waals surface area contributed by atoms with Crippen molar-refractivity contribution in [3.8, 4) is 22.9 Å². The van der Waals surface area contributed by atoms with Crippen LogP contribution in [0, 0.1) is 11.3 Å². The number of nitrogens with zero attached hydrogens (tertiary/aromatic N) is 2. The highest BCUT2D eigenvalue weighted by Crippen LogP contribution is 2.38. The van der Waals surface area contributed by atoms with E-state index in [0.717, 1.165) is 59.4 Å². The molecule has 0 unspecified atom stereocenters. The quantitative estimate of drug-likeness (QED) is 0.196. The second-order valence-corrected chi connectivity index (χ2v) is 9.75. The van der Waals surface area contributed by atoms with Crippen LogP contribution in [-0.4, -0.2) is 16.5 Å². The number of hydrogen-bond donors (Lipinski definition) is 0. The fraction of sp³-hybridized carbons (Fsp3) is 0.194. The maximum absolute atomic E-state index is 12.7. The first-order chi connectivity index (χ1) is 17.7. The lowest BCUT2D eigenvalue weighted by Crippen LogP contribution is -2.11. The zero-order chi connectivity index (χ0) is 24.7. The molecule has 1 aliphatic carbocycles. The molecule has 1 aliphatic rings. The van der Waals surface area contributed by atoms with E-state index in [-0.39, 0.29) is 11.5 Å². The predicted molar refractivity (Wildman–Crippen MR) is 143 cm³/mol. The Morgan fingerprint density at radius 1 is 0.917 bits per heavy atom. The van der Waals surface area contributed by atoms with Gasteiger partial charge in [-0.15, -0.1) is 0 Å². The second-order valence-electron chi connectivity index (χ2n) is 8.79. The molecule has 1 aromatic heterocycles. The highest BCUT2D eigenvalue weighted by Gasteiger charge is 2.24. The van der Waals surface area contributed by atoms with Gasteiger partial charge in [-0.05, 0) is 54.5 Å². The maximum Gasteiger partial charge on any atom is 0.173 e. The third-order valence-electron chi connectivity index (χ3n) is 6.38. The number of benzene rings is 3. The number of ketones is 1. The number of rotatable bonds is 8. The van der Waals surface area contributed by atoms with Crippen LogP contribution in [0.5, 0.6) is 5.75 Å². The molecule has 0 saturated carbocycles. The van der Waals surface area contributed by atoms with Gasteiger partial charge in [-0.3, -0.25) is 4.79 Å². The van der Waals surface area contributed by atoms with Crippen LogP contribution in [0.2, 0.25) is 0 Å². The molecule has 3 aromatic carbocycles. The maximum atomic E-state index is 12.7. The molecule has 1 heterocycles. The Balaban J connectivity index is 1.43. The SMILES string of the molecule is N#Cc1c(SCC(=O)c2ccccc2)nc2c(c1-c1ccc(OCc3ccccc3)cc1)CCCC2. The molecule has 5 rings (SSSR count). The summed E-state index contributed by atoms with van der Waals surface area (Å²) in [5, 5.41) is 10.8. The molecule has 0 spiro atoms. The number of aryl methyl sites for hydroxylation is 1. The zero-order valence-electron chi connectivity index (χ0n) is 19.9. The van der Waals surface area contributed by atoms with Gasteiger partial charge in [0, 0.05) is 16.8 Å². The van der Waals surface area contributed by atoms with Crippen LogP contribution in [-0.2, 0) is 19.4 Å². The van der Waals surface area contributed by atoms with Gasteiger partial charge in [0.1, 0.15) is 23.5 Å². The Labute approximate surface area is 216 Å². The number of ether oxygens (including phenoxy) is 1. The summed E-state index contributed by atoms with van der Waals surface area (Å²) in [6.45, 7) is 0.504. The molecule has 0 saturated heterocycles. The van der Waals surface area contributed by atoms with Crippen molar-refractivity contribution < 1.29 is 9.53 Å². The summed E-state index contributed by atoms with van der Waals surface area (Å²) >= 11 is 1.36. The Morgan fingerprint density at radius 3 is 2.33 bits per heavy atom. The summed E-state index contributed by atoms with van der Waals surface area (Å²) in [6, 6.07) is 29.7. The first-order valence-corrected chi connectivity index (χ1v) is 13.2. The minimum absolute atomic E-state index is 0.0329. The number of aromatic nitrogens is 1. The van der Waals surface area contributed by atoms with E-state index in [0.29, 0.717) is 22.8 Å². The van der Waals surface area contributed by atoms with E-state index in [2.05, 4.69) is 6.07 Å². The van der Waals surface area contributed by atoms with Gasteiger partial charge < -0.3 is 4.74 Å². The monoisotopic (exact) mass is 490 g/mol. The lowest BCUT2D eigenvalue weighted by atomic mass is 9.87. The van der Waals surface area contributed by atoms with Crippen molar-refractivity contribution in [1.29, 1.82) is 5.26 Å². The Morgan fingerprint density at radius 2 is 1.61 bits per heavy atom. The number of hydrogen-bond acceptors (Lipinski definition) is 5. The lowest BCUT2D eigenvalue weighted by molar-refractivity contribution is 0.102. The van der Waals surface area contributed by atoms with Gasteiger partial charge in [-0.2, -0.15) is 5.26 Å². The summed E-state index contributed by atoms with van der Waals surface area (Å²) in [5.74, 6) is 1.06. The van der Waals surface area contributed by atoms with Crippen LogP contribution in [0.1, 0.15) is 45.6 Å². The first kappa shape index (κ1) is 23.8. The van der Waals surface area contributed by atoms with E-state index in [1.807, 2.05) is 84.9 Å². The third kappa shape index (κ3) is 5.35. The van der Waals surface area contributed by atoms with E-state index in [1.54, 1.807) is 0 Å². The number of pyridine rings is 1. The number of Topliss-reactive ketones (excluding diaryl/α,β-unsaturated/α-hetero) is 1. The fourth-order valence-corrected chi connectivity index (χ4v) is 5.45. The van der Waals surface area contributed by atoms with Crippen molar-refractivity contribution in [2.24, 2.45) is 0 Å². The number of nitriles is 1. The van der Waals surface area contributed by atoms with E-state index >= 15 is 0 Å². The lowest BCUT2D eigenvalue weighted by Gasteiger charge is -2.22. The van der Waals surface area contributed by atoms with Crippen LogP contribution < -0.4 is 4.74 Å². The van der Waals surface area contributed by atoms with Crippen LogP contribution >= 0.6 is 11.8 Å². The number of carbonyl (C=O) groups is 1. The molecule has 0 amide bonds. The van der Waals surface area contributed by atoms with Crippen LogP contribution in [0.4, 0.5) is 0 Å². The number of carbonyl (C=O) groups excluding carboxylic acids is 1. The van der Waals surface area contributed by atoms with Gasteiger partial charge in [-0.1, -0.05) is 84.6 Å². The summed E-state index contributed by atoms with van der Waals surface area (Å²) in [7, 11) is 0. The number of fused-ring (bicyclic) bond motifs is 1. The second kappa shape index (κ2) is 11.2. The Hall–Kier alpha value is -3.88. The normalized spacial score (nSPS) is 12.4. The molecular formula is C31H26N2O2S. The van der Waals surface area contributed by atoms with Crippen molar-refractivity contribution in [1.82, 2.24) is 4.98 Å². The topological polar surface area (TPSA) is 63.0 Å². The van der Waals surface area contributed by atoms with Crippen LogP contribution in [0.15, 0.2) is 90.0 Å². The van der Waals surface area contributed by atoms with E-state index < -0.39 is 0 Å². The molecule has 0 aliphatic heterocycles. The van der Waals surface area contributed by atoms with Crippen LogP contribution in [0.3, 0.4) is 0 Å². The summed E-state index contributed by atoms with van der Waals surface area (Å²) in [4.78, 5) is 17.6. The fourth-order valence-electron chi connectivity index (χ4n) is 4.55. The average molecular weight is 491 g/mol. The van der Waals surface area contributed by atoms with Crippen molar-refractivity contribution in [3.05, 3.63) is 113 Å². The summed E-state index contributed by atoms with van der Waals surface area (Å²) < 4.78 is 5.96. The molecule has 0 atom stereocenters. The van der Waals surface area contributed by atoms with E-state index in [4.69, 9.17) is 9.72 Å². The largest absolute Gasteiger partial charge is 0.489 e. The molecular weight excluding hydrogens is 464 g/mol. The van der Waals surface area contributed by atoms with Crippen LogP contribution in [0.25, 0.3) is 11.1 Å². The smallest absolute Gasteiger partial charge is 0.173 e. The molecule has 0 radical (unpaired) electrons. The molecule has 0 fully saturated rings. The summed E-state index contributed by atoms with van der Waals surface area (Å²) in [6.07, 6.45) is 3.98. The highest BCUT2D eigenvalue weighted by molar-refractivity contribution is 8.00. The molecule has 36 heavy (non-hydrogen) atoms. The van der Waals surface area contributed by atoms with Gasteiger partial charge in [0.25, 0.3) is 0 Å². The Kier molecular flexibility index (Phi) is 7.44. The average Bonchev–Trinajstić information content (AvgIpc) is 2.95. The van der Waals surface area contributed by atoms with Crippen molar-refractivity contribution >= 4 is 17.5 Å². The van der Waals surface area contributed by atoms with Crippen molar-refractivity contribution in [2.75, 3.05) is 5.75 Å². The van der Waals surface area contributed by atoms with Gasteiger partial charge >= 0.3 is 0 Å². The van der Waals surface area contributed by atoms with E-state index in [1.165, 1.54) is 11.8 Å². The predicted octanol–water partition coefficient (Wildman–Crippen LogP) is 7.05. The molecule has 4 nitrogen and oxygen atoms in total. The van der Waals surface area contributed by atoms with Gasteiger partial charge in [0.05, 0.1) is 11.3 Å². The third-order valence-corrected chi connectivity index (χ3v) is 7.36. The summed E-state index contributed by atoms with van der Waals surface area (Å²) in [5.41, 5.74) is 6.49. The molecule has 0 bridgehead atoms. The standard InChI is InChI=1S/C31H26N2O2S/c32-19-27-30(24-15-17-25(18-16-24)35-20-22-9-3-1-4-10-22)26-13-7-8-14-28(26)33-31(27)36-21-29(34)23-11-5-2-6-12-23/h1-6,9-12,15-18H,7-8,13-14,20-21H2. The first-order valence-electron chi connectivity index (χ1n) is 12.2. The Bertz CT molecular complexity index is 1390.